The maximum Gasteiger partial charge on any atom is 0.225 e. The van der Waals surface area contributed by atoms with Crippen LogP contribution in [-0.2, 0) is 11.3 Å². The Morgan fingerprint density at radius 2 is 2.03 bits per heavy atom. The fourth-order valence-electron chi connectivity index (χ4n) is 4.33. The van der Waals surface area contributed by atoms with E-state index in [4.69, 9.17) is 11.6 Å². The number of piperidine rings is 1. The molecule has 1 fully saturated rings. The van der Waals surface area contributed by atoms with Crippen molar-refractivity contribution in [1.82, 2.24) is 19.9 Å². The third-order valence-electron chi connectivity index (χ3n) is 6.08. The van der Waals surface area contributed by atoms with Gasteiger partial charge in [-0.2, -0.15) is 5.10 Å². The van der Waals surface area contributed by atoms with Gasteiger partial charge in [-0.25, -0.2) is 18.3 Å². The standard InChI is InChI=1S/C25H22ClF2N5O/c26-20-6-2-1-5-19(20)22-13-23-24(29-9-11-33(23)31-22)32-10-3-4-17(15-32)25(34)30-14-16-7-8-18(27)12-21(16)28/h1-2,5-9,11-13,17H,3-4,10,14-15H2,(H,30,34)/t17-/m1/s1. The number of amides is 1. The Bertz CT molecular complexity index is 1360. The molecule has 1 saturated heterocycles. The Morgan fingerprint density at radius 3 is 2.85 bits per heavy atom. The van der Waals surface area contributed by atoms with Crippen molar-refractivity contribution >= 4 is 28.8 Å². The van der Waals surface area contributed by atoms with Crippen molar-refractivity contribution < 1.29 is 13.6 Å². The number of hydrogen-bond donors (Lipinski definition) is 1. The lowest BCUT2D eigenvalue weighted by Crippen LogP contribution is -2.43. The Balaban J connectivity index is 1.33. The Hall–Kier alpha value is -3.52. The molecule has 174 valence electrons. The van der Waals surface area contributed by atoms with E-state index in [1.807, 2.05) is 30.3 Å². The molecular weight excluding hydrogens is 460 g/mol. The van der Waals surface area contributed by atoms with Gasteiger partial charge in [0.2, 0.25) is 5.91 Å². The number of benzene rings is 2. The second-order valence-corrected chi connectivity index (χ2v) is 8.74. The highest BCUT2D eigenvalue weighted by atomic mass is 35.5. The third-order valence-corrected chi connectivity index (χ3v) is 6.41. The molecule has 1 aliphatic rings. The van der Waals surface area contributed by atoms with Crippen LogP contribution in [0.25, 0.3) is 16.8 Å². The van der Waals surface area contributed by atoms with E-state index >= 15 is 0 Å². The zero-order valence-electron chi connectivity index (χ0n) is 18.2. The van der Waals surface area contributed by atoms with Crippen LogP contribution in [-0.4, -0.2) is 33.6 Å². The van der Waals surface area contributed by atoms with E-state index in [2.05, 4.69) is 20.3 Å². The minimum absolute atomic E-state index is 0.0130. The molecule has 0 saturated carbocycles. The van der Waals surface area contributed by atoms with Crippen LogP contribution in [0.3, 0.4) is 0 Å². The molecule has 0 spiro atoms. The fraction of sp³-hybridized carbons (Fsp3) is 0.240. The number of carbonyl (C=O) groups excluding carboxylic acids is 1. The van der Waals surface area contributed by atoms with Crippen LogP contribution in [0.5, 0.6) is 0 Å². The number of nitrogens with one attached hydrogen (secondary N) is 1. The lowest BCUT2D eigenvalue weighted by molar-refractivity contribution is -0.125. The Morgan fingerprint density at radius 1 is 1.18 bits per heavy atom. The van der Waals surface area contributed by atoms with E-state index in [1.165, 1.54) is 12.1 Å². The predicted octanol–water partition coefficient (Wildman–Crippen LogP) is 4.86. The summed E-state index contributed by atoms with van der Waals surface area (Å²) in [4.78, 5) is 19.5. The molecule has 2 aromatic carbocycles. The van der Waals surface area contributed by atoms with Crippen LogP contribution in [0, 0.1) is 17.6 Å². The lowest BCUT2D eigenvalue weighted by atomic mass is 9.97. The lowest BCUT2D eigenvalue weighted by Gasteiger charge is -2.33. The molecule has 0 bridgehead atoms. The highest BCUT2D eigenvalue weighted by Crippen LogP contribution is 2.31. The van der Waals surface area contributed by atoms with Gasteiger partial charge in [0, 0.05) is 49.2 Å². The van der Waals surface area contributed by atoms with Crippen LogP contribution >= 0.6 is 11.6 Å². The van der Waals surface area contributed by atoms with Crippen molar-refractivity contribution in [3.63, 3.8) is 0 Å². The van der Waals surface area contributed by atoms with Crippen LogP contribution in [0.2, 0.25) is 5.02 Å². The molecule has 1 aliphatic heterocycles. The summed E-state index contributed by atoms with van der Waals surface area (Å²) < 4.78 is 28.8. The molecule has 6 nitrogen and oxygen atoms in total. The van der Waals surface area contributed by atoms with Crippen LogP contribution < -0.4 is 10.2 Å². The van der Waals surface area contributed by atoms with Crippen molar-refractivity contribution in [3.8, 4) is 11.3 Å². The van der Waals surface area contributed by atoms with Gasteiger partial charge < -0.3 is 10.2 Å². The normalized spacial score (nSPS) is 16.1. The fourth-order valence-corrected chi connectivity index (χ4v) is 4.56. The summed E-state index contributed by atoms with van der Waals surface area (Å²) in [6.45, 7) is 1.26. The average molecular weight is 482 g/mol. The van der Waals surface area contributed by atoms with Gasteiger partial charge in [-0.15, -0.1) is 0 Å². The number of aromatic nitrogens is 3. The summed E-state index contributed by atoms with van der Waals surface area (Å²) >= 11 is 6.36. The van der Waals surface area contributed by atoms with E-state index in [9.17, 15) is 13.6 Å². The molecule has 1 amide bonds. The van der Waals surface area contributed by atoms with Crippen molar-refractivity contribution in [2.24, 2.45) is 5.92 Å². The predicted molar refractivity (Wildman–Crippen MR) is 127 cm³/mol. The third kappa shape index (κ3) is 4.46. The quantitative estimate of drug-likeness (QED) is 0.442. The SMILES string of the molecule is O=C(NCc1ccc(F)cc1F)[C@@H]1CCCN(c2nccn3nc(-c4ccccc4Cl)cc23)C1. The smallest absolute Gasteiger partial charge is 0.225 e. The molecule has 2 aromatic heterocycles. The van der Waals surface area contributed by atoms with Crippen LogP contribution in [0.4, 0.5) is 14.6 Å². The summed E-state index contributed by atoms with van der Waals surface area (Å²) in [5.74, 6) is -1.00. The first kappa shape index (κ1) is 22.3. The van der Waals surface area contributed by atoms with Crippen molar-refractivity contribution in [1.29, 1.82) is 0 Å². The molecule has 1 N–H and O–H groups in total. The number of hydrogen-bond acceptors (Lipinski definition) is 4. The molecule has 9 heteroatoms. The maximum absolute atomic E-state index is 13.9. The Labute approximate surface area is 200 Å². The summed E-state index contributed by atoms with van der Waals surface area (Å²) in [6.07, 6.45) is 5.01. The van der Waals surface area contributed by atoms with Gasteiger partial charge in [-0.3, -0.25) is 4.79 Å². The first-order chi connectivity index (χ1) is 16.5. The topological polar surface area (TPSA) is 62.5 Å². The highest BCUT2D eigenvalue weighted by molar-refractivity contribution is 6.33. The number of carbonyl (C=O) groups is 1. The molecule has 4 aromatic rings. The average Bonchev–Trinajstić information content (AvgIpc) is 3.28. The number of halogens is 3. The number of nitrogens with zero attached hydrogens (tertiary/aromatic N) is 4. The number of fused-ring (bicyclic) bond motifs is 1. The second-order valence-electron chi connectivity index (χ2n) is 8.33. The van der Waals surface area contributed by atoms with E-state index < -0.39 is 11.6 Å². The van der Waals surface area contributed by atoms with Crippen molar-refractivity contribution in [2.75, 3.05) is 18.0 Å². The first-order valence-electron chi connectivity index (χ1n) is 11.1. The minimum atomic E-state index is -0.670. The largest absolute Gasteiger partial charge is 0.354 e. The van der Waals surface area contributed by atoms with Gasteiger partial charge in [0.15, 0.2) is 5.82 Å². The van der Waals surface area contributed by atoms with E-state index in [1.54, 1.807) is 16.9 Å². The second kappa shape index (κ2) is 9.38. The summed E-state index contributed by atoms with van der Waals surface area (Å²) in [5.41, 5.74) is 2.65. The maximum atomic E-state index is 13.9. The molecule has 5 rings (SSSR count). The number of rotatable bonds is 5. The molecule has 3 heterocycles. The summed E-state index contributed by atoms with van der Waals surface area (Å²) in [5, 5.41) is 8.06. The summed E-state index contributed by atoms with van der Waals surface area (Å²) in [7, 11) is 0. The van der Waals surface area contributed by atoms with Crippen LogP contribution in [0.1, 0.15) is 18.4 Å². The zero-order chi connectivity index (χ0) is 23.7. The van der Waals surface area contributed by atoms with Crippen LogP contribution in [0.15, 0.2) is 60.9 Å². The molecule has 0 unspecified atom stereocenters. The first-order valence-corrected chi connectivity index (χ1v) is 11.4. The van der Waals surface area contributed by atoms with Gasteiger partial charge in [0.25, 0.3) is 0 Å². The monoisotopic (exact) mass is 481 g/mol. The molecule has 1 atom stereocenters. The molecule has 0 radical (unpaired) electrons. The zero-order valence-corrected chi connectivity index (χ0v) is 19.0. The molecular formula is C25H22ClF2N5O. The van der Waals surface area contributed by atoms with Crippen molar-refractivity contribution in [3.05, 3.63) is 83.1 Å². The minimum Gasteiger partial charge on any atom is -0.354 e. The number of anilines is 1. The van der Waals surface area contributed by atoms with Gasteiger partial charge in [0.05, 0.1) is 16.6 Å². The van der Waals surface area contributed by atoms with E-state index in [-0.39, 0.29) is 23.9 Å². The van der Waals surface area contributed by atoms with Gasteiger partial charge in [-0.05, 0) is 31.0 Å². The van der Waals surface area contributed by atoms with E-state index in [0.29, 0.717) is 11.6 Å². The Kier molecular flexibility index (Phi) is 6.15. The molecule has 34 heavy (non-hydrogen) atoms. The van der Waals surface area contributed by atoms with Gasteiger partial charge in [-0.1, -0.05) is 35.9 Å². The molecule has 0 aliphatic carbocycles. The van der Waals surface area contributed by atoms with E-state index in [0.717, 1.165) is 48.0 Å². The van der Waals surface area contributed by atoms with Crippen molar-refractivity contribution in [2.45, 2.75) is 19.4 Å². The van der Waals surface area contributed by atoms with Gasteiger partial charge in [0.1, 0.15) is 17.2 Å². The summed E-state index contributed by atoms with van der Waals surface area (Å²) in [6, 6.07) is 12.8. The van der Waals surface area contributed by atoms with Gasteiger partial charge >= 0.3 is 0 Å². The highest BCUT2D eigenvalue weighted by Gasteiger charge is 2.28.